The van der Waals surface area contributed by atoms with Gasteiger partial charge in [-0.3, -0.25) is 0 Å². The lowest BCUT2D eigenvalue weighted by atomic mass is 10.1. The van der Waals surface area contributed by atoms with Gasteiger partial charge in [0.2, 0.25) is 0 Å². The number of oxime groups is 1. The standard InChI is InChI=1S/C17H13NO4/c19-17-9-7-13-6-8-14(10-16(13)22-17)21-11-15(18-20)12-4-2-1-3-5-12/h1-10,20H,11H2/b18-15+. The molecular weight excluding hydrogens is 282 g/mol. The molecule has 2 aromatic carbocycles. The lowest BCUT2D eigenvalue weighted by molar-refractivity contribution is 0.308. The molecule has 0 aliphatic carbocycles. The molecule has 0 atom stereocenters. The zero-order valence-electron chi connectivity index (χ0n) is 11.6. The summed E-state index contributed by atoms with van der Waals surface area (Å²) in [7, 11) is 0. The normalized spacial score (nSPS) is 11.5. The van der Waals surface area contributed by atoms with E-state index in [-0.39, 0.29) is 6.61 Å². The van der Waals surface area contributed by atoms with Gasteiger partial charge in [0.1, 0.15) is 23.7 Å². The molecular formula is C17H13NO4. The molecule has 5 nitrogen and oxygen atoms in total. The molecule has 0 spiro atoms. The highest BCUT2D eigenvalue weighted by Crippen LogP contribution is 2.19. The van der Waals surface area contributed by atoms with Crippen LogP contribution >= 0.6 is 0 Å². The second-order valence-corrected chi connectivity index (χ2v) is 4.66. The van der Waals surface area contributed by atoms with Crippen LogP contribution in [-0.2, 0) is 0 Å². The summed E-state index contributed by atoms with van der Waals surface area (Å²) in [5, 5.41) is 13.2. The Labute approximate surface area is 126 Å². The van der Waals surface area contributed by atoms with Gasteiger partial charge in [-0.25, -0.2) is 4.79 Å². The highest BCUT2D eigenvalue weighted by molar-refractivity contribution is 6.01. The third kappa shape index (κ3) is 2.98. The van der Waals surface area contributed by atoms with Crippen LogP contribution in [0.15, 0.2) is 75.0 Å². The van der Waals surface area contributed by atoms with Crippen LogP contribution in [0.1, 0.15) is 5.56 Å². The van der Waals surface area contributed by atoms with Crippen molar-refractivity contribution in [1.29, 1.82) is 0 Å². The summed E-state index contributed by atoms with van der Waals surface area (Å²) in [6, 6.07) is 17.5. The molecule has 0 aliphatic heterocycles. The predicted molar refractivity (Wildman–Crippen MR) is 82.7 cm³/mol. The van der Waals surface area contributed by atoms with Gasteiger partial charge in [0.15, 0.2) is 0 Å². The van der Waals surface area contributed by atoms with Crippen LogP contribution in [0.3, 0.4) is 0 Å². The Balaban J connectivity index is 1.80. The number of hydrogen-bond donors (Lipinski definition) is 1. The van der Waals surface area contributed by atoms with Gasteiger partial charge in [-0.15, -0.1) is 0 Å². The fraction of sp³-hybridized carbons (Fsp3) is 0.0588. The minimum atomic E-state index is -0.411. The van der Waals surface area contributed by atoms with Crippen LogP contribution in [0.25, 0.3) is 11.0 Å². The van der Waals surface area contributed by atoms with Crippen molar-refractivity contribution in [3.63, 3.8) is 0 Å². The second-order valence-electron chi connectivity index (χ2n) is 4.66. The molecule has 110 valence electrons. The number of hydrogen-bond acceptors (Lipinski definition) is 5. The van der Waals surface area contributed by atoms with E-state index in [1.807, 2.05) is 30.3 Å². The zero-order valence-corrected chi connectivity index (χ0v) is 11.6. The van der Waals surface area contributed by atoms with Gasteiger partial charge in [0.05, 0.1) is 0 Å². The van der Waals surface area contributed by atoms with Crippen molar-refractivity contribution in [3.05, 3.63) is 76.6 Å². The maximum atomic E-state index is 11.2. The SMILES string of the molecule is O=c1ccc2ccc(OC/C(=N\O)c3ccccc3)cc2o1. The van der Waals surface area contributed by atoms with E-state index in [0.717, 1.165) is 10.9 Å². The molecule has 5 heteroatoms. The van der Waals surface area contributed by atoms with Crippen molar-refractivity contribution in [1.82, 2.24) is 0 Å². The Kier molecular flexibility index (Phi) is 3.87. The Morgan fingerprint density at radius 3 is 2.64 bits per heavy atom. The highest BCUT2D eigenvalue weighted by atomic mass is 16.5. The van der Waals surface area contributed by atoms with Crippen molar-refractivity contribution in [2.24, 2.45) is 5.16 Å². The first-order chi connectivity index (χ1) is 10.8. The minimum absolute atomic E-state index is 0.100. The van der Waals surface area contributed by atoms with Crippen LogP contribution in [0.5, 0.6) is 5.75 Å². The lowest BCUT2D eigenvalue weighted by Crippen LogP contribution is -2.13. The third-order valence-corrected chi connectivity index (χ3v) is 3.20. The molecule has 3 aromatic rings. The number of benzene rings is 2. The summed E-state index contributed by atoms with van der Waals surface area (Å²) >= 11 is 0. The smallest absolute Gasteiger partial charge is 0.336 e. The van der Waals surface area contributed by atoms with Crippen LogP contribution in [-0.4, -0.2) is 17.5 Å². The average Bonchev–Trinajstić information content (AvgIpc) is 2.56. The van der Waals surface area contributed by atoms with Crippen LogP contribution in [0.4, 0.5) is 0 Å². The quantitative estimate of drug-likeness (QED) is 0.347. The fourth-order valence-corrected chi connectivity index (χ4v) is 2.08. The van der Waals surface area contributed by atoms with E-state index < -0.39 is 5.63 Å². The summed E-state index contributed by atoms with van der Waals surface area (Å²) in [6.07, 6.45) is 0. The first kappa shape index (κ1) is 13.9. The summed E-state index contributed by atoms with van der Waals surface area (Å²) < 4.78 is 10.7. The van der Waals surface area contributed by atoms with Crippen molar-refractivity contribution in [3.8, 4) is 5.75 Å². The Morgan fingerprint density at radius 1 is 1.09 bits per heavy atom. The number of rotatable bonds is 4. The predicted octanol–water partition coefficient (Wildman–Crippen LogP) is 3.05. The van der Waals surface area contributed by atoms with Crippen molar-refractivity contribution >= 4 is 16.7 Å². The van der Waals surface area contributed by atoms with E-state index in [2.05, 4.69) is 5.16 Å². The zero-order chi connectivity index (χ0) is 15.4. The van der Waals surface area contributed by atoms with Crippen molar-refractivity contribution in [2.75, 3.05) is 6.61 Å². The van der Waals surface area contributed by atoms with E-state index in [1.54, 1.807) is 24.3 Å². The molecule has 1 heterocycles. The number of nitrogens with zero attached hydrogens (tertiary/aromatic N) is 1. The Morgan fingerprint density at radius 2 is 1.86 bits per heavy atom. The molecule has 22 heavy (non-hydrogen) atoms. The molecule has 0 saturated carbocycles. The maximum Gasteiger partial charge on any atom is 0.336 e. The fourth-order valence-electron chi connectivity index (χ4n) is 2.08. The first-order valence-electron chi connectivity index (χ1n) is 6.69. The summed E-state index contributed by atoms with van der Waals surface area (Å²) in [4.78, 5) is 11.2. The lowest BCUT2D eigenvalue weighted by Gasteiger charge is -2.08. The molecule has 0 bridgehead atoms. The minimum Gasteiger partial charge on any atom is -0.487 e. The molecule has 0 fully saturated rings. The summed E-state index contributed by atoms with van der Waals surface area (Å²) in [5.41, 5.74) is 1.23. The monoisotopic (exact) mass is 295 g/mol. The van der Waals surface area contributed by atoms with Crippen molar-refractivity contribution < 1.29 is 14.4 Å². The maximum absolute atomic E-state index is 11.2. The van der Waals surface area contributed by atoms with E-state index in [1.165, 1.54) is 6.07 Å². The summed E-state index contributed by atoms with van der Waals surface area (Å²) in [6.45, 7) is 0.100. The summed E-state index contributed by atoms with van der Waals surface area (Å²) in [5.74, 6) is 0.527. The topological polar surface area (TPSA) is 72.0 Å². The third-order valence-electron chi connectivity index (χ3n) is 3.20. The van der Waals surface area contributed by atoms with Gasteiger partial charge in [0, 0.05) is 23.1 Å². The first-order valence-corrected chi connectivity index (χ1v) is 6.69. The Bertz CT molecular complexity index is 868. The molecule has 1 aromatic heterocycles. The van der Waals surface area contributed by atoms with Gasteiger partial charge in [0.25, 0.3) is 0 Å². The molecule has 0 unspecified atom stereocenters. The molecule has 0 radical (unpaired) electrons. The molecule has 0 amide bonds. The Hall–Kier alpha value is -3.08. The van der Waals surface area contributed by atoms with Gasteiger partial charge in [-0.05, 0) is 18.2 Å². The van der Waals surface area contributed by atoms with Crippen LogP contribution in [0, 0.1) is 0 Å². The van der Waals surface area contributed by atoms with Gasteiger partial charge in [-0.1, -0.05) is 35.5 Å². The van der Waals surface area contributed by atoms with Crippen molar-refractivity contribution in [2.45, 2.75) is 0 Å². The molecule has 0 aliphatic rings. The van der Waals surface area contributed by atoms with E-state index >= 15 is 0 Å². The van der Waals surface area contributed by atoms with Crippen LogP contribution < -0.4 is 10.4 Å². The van der Waals surface area contributed by atoms with Gasteiger partial charge in [-0.2, -0.15) is 0 Å². The number of fused-ring (bicyclic) bond motifs is 1. The molecule has 1 N–H and O–H groups in total. The van der Waals surface area contributed by atoms with Gasteiger partial charge >= 0.3 is 5.63 Å². The van der Waals surface area contributed by atoms with E-state index in [4.69, 9.17) is 14.4 Å². The largest absolute Gasteiger partial charge is 0.487 e. The second kappa shape index (κ2) is 6.13. The molecule has 3 rings (SSSR count). The highest BCUT2D eigenvalue weighted by Gasteiger charge is 2.06. The molecule has 0 saturated heterocycles. The van der Waals surface area contributed by atoms with E-state index in [0.29, 0.717) is 17.0 Å². The van der Waals surface area contributed by atoms with Gasteiger partial charge < -0.3 is 14.4 Å². The van der Waals surface area contributed by atoms with Crippen LogP contribution in [0.2, 0.25) is 0 Å². The average molecular weight is 295 g/mol. The van der Waals surface area contributed by atoms with E-state index in [9.17, 15) is 4.79 Å². The number of ether oxygens (including phenoxy) is 1.